The van der Waals surface area contributed by atoms with E-state index < -0.39 is 0 Å². The van der Waals surface area contributed by atoms with Crippen molar-refractivity contribution in [1.82, 2.24) is 10.3 Å². The summed E-state index contributed by atoms with van der Waals surface area (Å²) in [6.07, 6.45) is 14.7. The van der Waals surface area contributed by atoms with Crippen LogP contribution < -0.4 is 5.43 Å². The zero-order chi connectivity index (χ0) is 18.1. The summed E-state index contributed by atoms with van der Waals surface area (Å²) in [5.74, 6) is 1.02. The molecule has 0 spiro atoms. The van der Waals surface area contributed by atoms with Gasteiger partial charge in [0.25, 0.3) is 0 Å². The summed E-state index contributed by atoms with van der Waals surface area (Å²) >= 11 is 0. The summed E-state index contributed by atoms with van der Waals surface area (Å²) < 4.78 is 0. The Hall–Kier alpha value is -3.07. The second-order valence-corrected chi connectivity index (χ2v) is 7.21. The highest BCUT2D eigenvalue weighted by Crippen LogP contribution is 2.38. The van der Waals surface area contributed by atoms with Crippen LogP contribution in [0.4, 0.5) is 0 Å². The molecule has 3 aliphatic rings. The van der Waals surface area contributed by atoms with Gasteiger partial charge < -0.3 is 4.90 Å². The van der Waals surface area contributed by atoms with Crippen molar-refractivity contribution in [3.63, 3.8) is 0 Å². The van der Waals surface area contributed by atoms with Crippen LogP contribution in [0.25, 0.3) is 6.08 Å². The van der Waals surface area contributed by atoms with Crippen molar-refractivity contribution < 1.29 is 0 Å². The third-order valence-electron chi connectivity index (χ3n) is 5.53. The van der Waals surface area contributed by atoms with Gasteiger partial charge in [-0.15, -0.1) is 0 Å². The highest BCUT2D eigenvalue weighted by Gasteiger charge is 2.37. The van der Waals surface area contributed by atoms with Gasteiger partial charge in [0.2, 0.25) is 0 Å². The van der Waals surface area contributed by atoms with Crippen LogP contribution in [0.1, 0.15) is 42.0 Å². The van der Waals surface area contributed by atoms with Crippen molar-refractivity contribution >= 4 is 11.9 Å². The lowest BCUT2D eigenvalue weighted by Crippen LogP contribution is -2.44. The standard InChI is InChI=1S/C24H23N3/c1-3-11-19(12-4-1)23-25-26-24(20-13-5-2-6-14-20)27(23)22-17-9-15-18-10-7-8-16-21(18)22/h1,3-5,7-16,22,24,26H,2,6,17H2. The van der Waals surface area contributed by atoms with Crippen molar-refractivity contribution in [2.45, 2.75) is 31.5 Å². The van der Waals surface area contributed by atoms with Crippen LogP contribution in [0.15, 0.2) is 89.6 Å². The van der Waals surface area contributed by atoms with Crippen molar-refractivity contribution in [2.75, 3.05) is 0 Å². The van der Waals surface area contributed by atoms with E-state index in [0.717, 1.165) is 30.7 Å². The lowest BCUT2D eigenvalue weighted by molar-refractivity contribution is 0.261. The van der Waals surface area contributed by atoms with Gasteiger partial charge >= 0.3 is 0 Å². The second kappa shape index (κ2) is 6.92. The van der Waals surface area contributed by atoms with E-state index >= 15 is 0 Å². The van der Waals surface area contributed by atoms with Crippen LogP contribution in [-0.2, 0) is 0 Å². The molecule has 1 heterocycles. The molecule has 0 saturated heterocycles. The first-order chi connectivity index (χ1) is 13.4. The largest absolute Gasteiger partial charge is 0.322 e. The molecule has 0 aromatic heterocycles. The summed E-state index contributed by atoms with van der Waals surface area (Å²) in [7, 11) is 0. The molecule has 0 amide bonds. The maximum absolute atomic E-state index is 4.79. The SMILES string of the molecule is C1=CC(C2NN=C(c3ccccc3)N2C2CC=Cc3ccccc32)=CCC1. The van der Waals surface area contributed by atoms with Crippen LogP contribution >= 0.6 is 0 Å². The van der Waals surface area contributed by atoms with E-state index in [0.29, 0.717) is 0 Å². The Morgan fingerprint density at radius 1 is 0.889 bits per heavy atom. The summed E-state index contributed by atoms with van der Waals surface area (Å²) in [4.78, 5) is 2.47. The molecule has 0 bridgehead atoms. The van der Waals surface area contributed by atoms with Crippen LogP contribution in [-0.4, -0.2) is 16.9 Å². The fourth-order valence-corrected chi connectivity index (χ4v) is 4.24. The molecule has 1 N–H and O–H groups in total. The summed E-state index contributed by atoms with van der Waals surface area (Å²) in [5, 5.41) is 4.79. The minimum Gasteiger partial charge on any atom is -0.322 e. The molecule has 2 unspecified atom stereocenters. The molecule has 2 aromatic carbocycles. The van der Waals surface area contributed by atoms with E-state index in [-0.39, 0.29) is 12.2 Å². The number of nitrogens with one attached hydrogen (secondary N) is 1. The summed E-state index contributed by atoms with van der Waals surface area (Å²) in [6, 6.07) is 19.5. The van der Waals surface area contributed by atoms with Crippen molar-refractivity contribution in [2.24, 2.45) is 5.10 Å². The first kappa shape index (κ1) is 16.1. The van der Waals surface area contributed by atoms with Crippen molar-refractivity contribution in [3.8, 4) is 0 Å². The fraction of sp³-hybridized carbons (Fsp3) is 0.208. The molecule has 134 valence electrons. The summed E-state index contributed by atoms with van der Waals surface area (Å²) in [5.41, 5.74) is 8.56. The maximum Gasteiger partial charge on any atom is 0.158 e. The van der Waals surface area contributed by atoms with E-state index in [1.807, 2.05) is 0 Å². The Bertz CT molecular complexity index is 953. The molecule has 5 rings (SSSR count). The average molecular weight is 353 g/mol. The predicted molar refractivity (Wildman–Crippen MR) is 111 cm³/mol. The van der Waals surface area contributed by atoms with E-state index in [9.17, 15) is 0 Å². The Kier molecular flexibility index (Phi) is 4.13. The molecule has 2 atom stereocenters. The average Bonchev–Trinajstić information content (AvgIpc) is 3.19. The number of allylic oxidation sites excluding steroid dienone is 2. The number of amidine groups is 1. The highest BCUT2D eigenvalue weighted by molar-refractivity contribution is 6.00. The number of fused-ring (bicyclic) bond motifs is 1. The summed E-state index contributed by atoms with van der Waals surface area (Å²) in [6.45, 7) is 0. The number of rotatable bonds is 3. The molecule has 0 fully saturated rings. The van der Waals surface area contributed by atoms with E-state index in [2.05, 4.69) is 95.3 Å². The third kappa shape index (κ3) is 2.89. The smallest absolute Gasteiger partial charge is 0.158 e. The van der Waals surface area contributed by atoms with E-state index in [1.165, 1.54) is 16.7 Å². The van der Waals surface area contributed by atoms with E-state index in [4.69, 9.17) is 5.10 Å². The van der Waals surface area contributed by atoms with Crippen molar-refractivity contribution in [1.29, 1.82) is 0 Å². The minimum absolute atomic E-state index is 0.0707. The van der Waals surface area contributed by atoms with Gasteiger partial charge in [0.05, 0.1) is 6.04 Å². The van der Waals surface area contributed by atoms with Gasteiger partial charge in [0.15, 0.2) is 5.84 Å². The topological polar surface area (TPSA) is 27.6 Å². The molecule has 2 aromatic rings. The second-order valence-electron chi connectivity index (χ2n) is 7.21. The molecular formula is C24H23N3. The quantitative estimate of drug-likeness (QED) is 0.839. The Balaban J connectivity index is 1.59. The number of benzene rings is 2. The Morgan fingerprint density at radius 2 is 1.74 bits per heavy atom. The first-order valence-corrected chi connectivity index (χ1v) is 9.71. The lowest BCUT2D eigenvalue weighted by Gasteiger charge is -2.38. The molecule has 0 radical (unpaired) electrons. The number of nitrogens with zero attached hydrogens (tertiary/aromatic N) is 2. The van der Waals surface area contributed by atoms with Gasteiger partial charge in [0, 0.05) is 5.56 Å². The molecule has 3 heteroatoms. The zero-order valence-corrected chi connectivity index (χ0v) is 15.3. The number of hydrazone groups is 1. The number of hydrogen-bond acceptors (Lipinski definition) is 3. The normalized spacial score (nSPS) is 23.5. The van der Waals surface area contributed by atoms with Crippen LogP contribution in [0.3, 0.4) is 0 Å². The molecule has 2 aliphatic carbocycles. The maximum atomic E-state index is 4.79. The highest BCUT2D eigenvalue weighted by atomic mass is 15.5. The van der Waals surface area contributed by atoms with Gasteiger partial charge in [-0.25, -0.2) is 0 Å². The van der Waals surface area contributed by atoms with Crippen LogP contribution in [0.5, 0.6) is 0 Å². The van der Waals surface area contributed by atoms with Gasteiger partial charge in [-0.05, 0) is 36.0 Å². The van der Waals surface area contributed by atoms with Gasteiger partial charge in [-0.3, -0.25) is 5.43 Å². The third-order valence-corrected chi connectivity index (χ3v) is 5.53. The van der Waals surface area contributed by atoms with Gasteiger partial charge in [-0.1, -0.05) is 85.0 Å². The monoisotopic (exact) mass is 353 g/mol. The Morgan fingerprint density at radius 3 is 2.59 bits per heavy atom. The first-order valence-electron chi connectivity index (χ1n) is 9.71. The van der Waals surface area contributed by atoms with Crippen molar-refractivity contribution in [3.05, 3.63) is 101 Å². The molecule has 27 heavy (non-hydrogen) atoms. The molecular weight excluding hydrogens is 330 g/mol. The van der Waals surface area contributed by atoms with E-state index in [1.54, 1.807) is 0 Å². The van der Waals surface area contributed by atoms with Crippen LogP contribution in [0.2, 0.25) is 0 Å². The van der Waals surface area contributed by atoms with Gasteiger partial charge in [-0.2, -0.15) is 5.10 Å². The molecule has 3 nitrogen and oxygen atoms in total. The molecule has 1 aliphatic heterocycles. The lowest BCUT2D eigenvalue weighted by atomic mass is 9.90. The minimum atomic E-state index is 0.0707. The Labute approximate surface area is 160 Å². The zero-order valence-electron chi connectivity index (χ0n) is 15.3. The number of hydrogen-bond donors (Lipinski definition) is 1. The molecule has 0 saturated carbocycles. The van der Waals surface area contributed by atoms with Crippen LogP contribution in [0, 0.1) is 0 Å². The van der Waals surface area contributed by atoms with Gasteiger partial charge in [0.1, 0.15) is 6.17 Å². The predicted octanol–water partition coefficient (Wildman–Crippen LogP) is 5.01. The fourth-order valence-electron chi connectivity index (χ4n) is 4.24.